The largest absolute Gasteiger partial charge is 0.391 e. The Bertz CT molecular complexity index is 119. The summed E-state index contributed by atoms with van der Waals surface area (Å²) in [6.07, 6.45) is 0.890. The minimum atomic E-state index is -0.436. The molecule has 0 spiro atoms. The average molecular weight is 144 g/mol. The summed E-state index contributed by atoms with van der Waals surface area (Å²) in [4.78, 5) is 11.7. The Kier molecular flexibility index (Phi) is 2.24. The van der Waals surface area contributed by atoms with Gasteiger partial charge in [0.1, 0.15) is 0 Å². The number of nitrogens with zero attached hydrogens (tertiary/aromatic N) is 1. The number of nitrogens with two attached hydrogens (primary N) is 1. The monoisotopic (exact) mass is 144 g/mol. The van der Waals surface area contributed by atoms with Gasteiger partial charge in [0.05, 0.1) is 6.10 Å². The Labute approximate surface area is 59.6 Å². The number of β-amino-alcohol motifs (C(OH)–C–C–N with tert-alkyl or cyclic N) is 1. The number of amides is 1. The van der Waals surface area contributed by atoms with E-state index in [0.29, 0.717) is 19.5 Å². The maximum atomic E-state index is 10.2. The first-order valence-corrected chi connectivity index (χ1v) is 3.35. The summed E-state index contributed by atoms with van der Waals surface area (Å²) >= 11 is 0. The van der Waals surface area contributed by atoms with E-state index in [1.54, 1.807) is 0 Å². The molecule has 1 heterocycles. The highest BCUT2D eigenvalue weighted by atomic mass is 16.3. The lowest BCUT2D eigenvalue weighted by Crippen LogP contribution is -2.48. The first-order chi connectivity index (χ1) is 4.72. The molecule has 1 rings (SSSR count). The van der Waals surface area contributed by atoms with Crippen LogP contribution in [-0.2, 0) is 4.79 Å². The van der Waals surface area contributed by atoms with Crippen LogP contribution in [0.4, 0.5) is 0 Å². The molecular weight excluding hydrogens is 132 g/mol. The number of hydrogen-bond acceptors (Lipinski definition) is 3. The lowest BCUT2D eigenvalue weighted by atomic mass is 10.1. The van der Waals surface area contributed by atoms with Crippen LogP contribution in [0.1, 0.15) is 6.42 Å². The van der Waals surface area contributed by atoms with Gasteiger partial charge in [0, 0.05) is 19.1 Å². The highest BCUT2D eigenvalue weighted by molar-refractivity contribution is 5.47. The van der Waals surface area contributed by atoms with Crippen LogP contribution in [0.15, 0.2) is 0 Å². The van der Waals surface area contributed by atoms with Crippen LogP contribution in [0.25, 0.3) is 0 Å². The Balaban J connectivity index is 2.42. The van der Waals surface area contributed by atoms with Crippen molar-refractivity contribution in [1.82, 2.24) is 4.90 Å². The van der Waals surface area contributed by atoms with E-state index in [0.717, 1.165) is 6.41 Å². The van der Waals surface area contributed by atoms with E-state index in [4.69, 9.17) is 10.8 Å². The van der Waals surface area contributed by atoms with Gasteiger partial charge in [-0.1, -0.05) is 0 Å². The molecule has 0 saturated carbocycles. The Morgan fingerprint density at radius 1 is 1.60 bits per heavy atom. The lowest BCUT2D eigenvalue weighted by Gasteiger charge is -2.30. The maximum absolute atomic E-state index is 10.2. The zero-order chi connectivity index (χ0) is 7.56. The SMILES string of the molecule is N[C@@H]1C[C@H](O)CN(C=O)C1. The molecule has 0 unspecified atom stereocenters. The fraction of sp³-hybridized carbons (Fsp3) is 0.833. The zero-order valence-corrected chi connectivity index (χ0v) is 5.73. The normalized spacial score (nSPS) is 34.0. The van der Waals surface area contributed by atoms with Crippen LogP contribution in [0.2, 0.25) is 0 Å². The smallest absolute Gasteiger partial charge is 0.209 e. The topological polar surface area (TPSA) is 66.6 Å². The number of rotatable bonds is 1. The summed E-state index contributed by atoms with van der Waals surface area (Å²) in [5.74, 6) is 0. The number of likely N-dealkylation sites (tertiary alicyclic amines) is 1. The quantitative estimate of drug-likeness (QED) is 0.442. The van der Waals surface area contributed by atoms with Gasteiger partial charge in [-0.15, -0.1) is 0 Å². The summed E-state index contributed by atoms with van der Waals surface area (Å²) in [6, 6.07) is -0.0612. The molecule has 58 valence electrons. The third-order valence-corrected chi connectivity index (χ3v) is 1.64. The second-order valence-corrected chi connectivity index (χ2v) is 2.71. The first-order valence-electron chi connectivity index (χ1n) is 3.35. The Morgan fingerprint density at radius 3 is 2.80 bits per heavy atom. The van der Waals surface area contributed by atoms with Gasteiger partial charge in [-0.2, -0.15) is 0 Å². The van der Waals surface area contributed by atoms with Crippen molar-refractivity contribution >= 4 is 6.41 Å². The van der Waals surface area contributed by atoms with Crippen molar-refractivity contribution in [2.45, 2.75) is 18.6 Å². The third-order valence-electron chi connectivity index (χ3n) is 1.64. The molecule has 1 fully saturated rings. The predicted molar refractivity (Wildman–Crippen MR) is 36.2 cm³/mol. The molecule has 0 aliphatic carbocycles. The molecule has 1 aliphatic heterocycles. The summed E-state index contributed by atoms with van der Waals surface area (Å²) < 4.78 is 0. The van der Waals surface area contributed by atoms with E-state index in [2.05, 4.69) is 0 Å². The standard InChI is InChI=1S/C6H12N2O2/c7-5-1-6(10)3-8(2-5)4-9/h4-6,10H,1-3,7H2/t5-,6+/m1/s1. The third kappa shape index (κ3) is 1.68. The second-order valence-electron chi connectivity index (χ2n) is 2.71. The van der Waals surface area contributed by atoms with Crippen LogP contribution in [0.3, 0.4) is 0 Å². The lowest BCUT2D eigenvalue weighted by molar-refractivity contribution is -0.121. The van der Waals surface area contributed by atoms with Crippen molar-refractivity contribution in [3.8, 4) is 0 Å². The van der Waals surface area contributed by atoms with E-state index in [9.17, 15) is 4.79 Å². The van der Waals surface area contributed by atoms with Gasteiger partial charge in [0.2, 0.25) is 6.41 Å². The van der Waals surface area contributed by atoms with Crippen molar-refractivity contribution in [2.75, 3.05) is 13.1 Å². The van der Waals surface area contributed by atoms with Crippen molar-refractivity contribution in [1.29, 1.82) is 0 Å². The molecule has 0 aromatic carbocycles. The van der Waals surface area contributed by atoms with Crippen molar-refractivity contribution < 1.29 is 9.90 Å². The molecule has 10 heavy (non-hydrogen) atoms. The van der Waals surface area contributed by atoms with E-state index in [1.807, 2.05) is 0 Å². The number of carbonyl (C=O) groups excluding carboxylic acids is 1. The molecule has 4 nitrogen and oxygen atoms in total. The fourth-order valence-corrected chi connectivity index (χ4v) is 1.23. The van der Waals surface area contributed by atoms with E-state index in [1.165, 1.54) is 4.90 Å². The molecule has 1 aliphatic rings. The van der Waals surface area contributed by atoms with Gasteiger partial charge in [-0.05, 0) is 6.42 Å². The average Bonchev–Trinajstić information content (AvgIpc) is 1.85. The molecule has 0 aromatic heterocycles. The highest BCUT2D eigenvalue weighted by Gasteiger charge is 2.21. The molecule has 4 heteroatoms. The van der Waals surface area contributed by atoms with Crippen LogP contribution in [0.5, 0.6) is 0 Å². The van der Waals surface area contributed by atoms with Crippen molar-refractivity contribution in [3.05, 3.63) is 0 Å². The van der Waals surface area contributed by atoms with Crippen molar-refractivity contribution in [2.24, 2.45) is 5.73 Å². The highest BCUT2D eigenvalue weighted by Crippen LogP contribution is 2.06. The van der Waals surface area contributed by atoms with Gasteiger partial charge >= 0.3 is 0 Å². The minimum Gasteiger partial charge on any atom is -0.391 e. The number of carbonyl (C=O) groups is 1. The van der Waals surface area contributed by atoms with Crippen LogP contribution < -0.4 is 5.73 Å². The minimum absolute atomic E-state index is 0.0612. The van der Waals surface area contributed by atoms with Crippen molar-refractivity contribution in [3.63, 3.8) is 0 Å². The van der Waals surface area contributed by atoms with Crippen LogP contribution in [0, 0.1) is 0 Å². The van der Waals surface area contributed by atoms with Gasteiger partial charge in [0.25, 0.3) is 0 Å². The number of aliphatic hydroxyl groups is 1. The summed E-state index contributed by atoms with van der Waals surface area (Å²) in [5.41, 5.74) is 5.53. The predicted octanol–water partition coefficient (Wildman–Crippen LogP) is -1.46. The zero-order valence-electron chi connectivity index (χ0n) is 5.73. The van der Waals surface area contributed by atoms with E-state index >= 15 is 0 Å². The first kappa shape index (κ1) is 7.50. The number of hydrogen-bond donors (Lipinski definition) is 2. The van der Waals surface area contributed by atoms with Gasteiger partial charge in [0.15, 0.2) is 0 Å². The van der Waals surface area contributed by atoms with E-state index < -0.39 is 6.10 Å². The molecule has 1 amide bonds. The maximum Gasteiger partial charge on any atom is 0.209 e. The molecule has 0 aromatic rings. The molecular formula is C6H12N2O2. The molecule has 0 bridgehead atoms. The Hall–Kier alpha value is -0.610. The van der Waals surface area contributed by atoms with Gasteiger partial charge in [-0.3, -0.25) is 4.79 Å². The number of aliphatic hydroxyl groups excluding tert-OH is 1. The summed E-state index contributed by atoms with van der Waals surface area (Å²) in [6.45, 7) is 0.998. The second kappa shape index (κ2) is 2.98. The molecule has 0 radical (unpaired) electrons. The summed E-state index contributed by atoms with van der Waals surface area (Å²) in [5, 5.41) is 9.10. The van der Waals surface area contributed by atoms with E-state index in [-0.39, 0.29) is 6.04 Å². The fourth-order valence-electron chi connectivity index (χ4n) is 1.23. The van der Waals surface area contributed by atoms with Crippen LogP contribution >= 0.6 is 0 Å². The summed E-state index contributed by atoms with van der Waals surface area (Å²) in [7, 11) is 0. The van der Waals surface area contributed by atoms with Gasteiger partial charge in [-0.25, -0.2) is 0 Å². The number of piperidine rings is 1. The van der Waals surface area contributed by atoms with Crippen LogP contribution in [-0.4, -0.2) is 41.7 Å². The molecule has 3 N–H and O–H groups in total. The Morgan fingerprint density at radius 2 is 2.30 bits per heavy atom. The van der Waals surface area contributed by atoms with Gasteiger partial charge < -0.3 is 15.7 Å². The molecule has 2 atom stereocenters. The molecule has 1 saturated heterocycles.